The van der Waals surface area contributed by atoms with E-state index in [1.165, 1.54) is 25.3 Å². The van der Waals surface area contributed by atoms with E-state index in [0.717, 1.165) is 0 Å². The van der Waals surface area contributed by atoms with Crippen LogP contribution in [0.3, 0.4) is 0 Å². The fourth-order valence-electron chi connectivity index (χ4n) is 1.15. The normalized spacial score (nSPS) is 11.1. The van der Waals surface area contributed by atoms with Gasteiger partial charge in [0.1, 0.15) is 5.69 Å². The Morgan fingerprint density at radius 3 is 2.88 bits per heavy atom. The number of nitro benzene ring substituents is 1. The van der Waals surface area contributed by atoms with E-state index in [9.17, 15) is 10.1 Å². The standard InChI is InChI=1S/C10H12ClN3O3/c1-3-10(17-2)13-12-8-6-7(11)4-5-9(8)14(15)16/h4-6,12H,3H2,1-2H3/b13-10+. The van der Waals surface area contributed by atoms with Crippen molar-refractivity contribution in [3.8, 4) is 0 Å². The molecule has 1 N–H and O–H groups in total. The van der Waals surface area contributed by atoms with Gasteiger partial charge in [-0.05, 0) is 12.1 Å². The number of nitrogens with one attached hydrogen (secondary N) is 1. The van der Waals surface area contributed by atoms with Crippen molar-refractivity contribution in [1.29, 1.82) is 0 Å². The van der Waals surface area contributed by atoms with Crippen molar-refractivity contribution in [1.82, 2.24) is 0 Å². The first-order valence-corrected chi connectivity index (χ1v) is 5.26. The third-order valence-electron chi connectivity index (χ3n) is 1.99. The van der Waals surface area contributed by atoms with Crippen LogP contribution in [0.5, 0.6) is 0 Å². The Labute approximate surface area is 103 Å². The summed E-state index contributed by atoms with van der Waals surface area (Å²) in [6, 6.07) is 4.20. The summed E-state index contributed by atoms with van der Waals surface area (Å²) in [5, 5.41) is 15.0. The van der Waals surface area contributed by atoms with Crippen LogP contribution in [-0.4, -0.2) is 17.9 Å². The molecule has 1 aromatic rings. The number of rotatable bonds is 4. The van der Waals surface area contributed by atoms with Crippen molar-refractivity contribution in [3.05, 3.63) is 33.3 Å². The average Bonchev–Trinajstić information content (AvgIpc) is 2.30. The smallest absolute Gasteiger partial charge is 0.294 e. The Hall–Kier alpha value is -1.82. The van der Waals surface area contributed by atoms with E-state index >= 15 is 0 Å². The highest BCUT2D eigenvalue weighted by Crippen LogP contribution is 2.27. The zero-order valence-corrected chi connectivity index (χ0v) is 10.2. The number of methoxy groups -OCH3 is 1. The molecule has 0 saturated carbocycles. The second kappa shape index (κ2) is 6.05. The third kappa shape index (κ3) is 3.60. The summed E-state index contributed by atoms with van der Waals surface area (Å²) in [6.07, 6.45) is 0.581. The zero-order valence-electron chi connectivity index (χ0n) is 9.44. The van der Waals surface area contributed by atoms with Gasteiger partial charge in [-0.25, -0.2) is 0 Å². The van der Waals surface area contributed by atoms with Gasteiger partial charge < -0.3 is 4.74 Å². The number of halogens is 1. The molecule has 0 aliphatic rings. The fraction of sp³-hybridized carbons (Fsp3) is 0.300. The van der Waals surface area contributed by atoms with Crippen molar-refractivity contribution in [2.75, 3.05) is 12.5 Å². The van der Waals surface area contributed by atoms with Crippen LogP contribution >= 0.6 is 11.6 Å². The topological polar surface area (TPSA) is 76.8 Å². The number of anilines is 1. The number of nitro groups is 1. The van der Waals surface area contributed by atoms with Gasteiger partial charge in [-0.3, -0.25) is 15.5 Å². The molecule has 0 fully saturated rings. The summed E-state index contributed by atoms with van der Waals surface area (Å²) in [6.45, 7) is 1.86. The van der Waals surface area contributed by atoms with Crippen molar-refractivity contribution in [3.63, 3.8) is 0 Å². The van der Waals surface area contributed by atoms with E-state index in [2.05, 4.69) is 10.5 Å². The number of benzene rings is 1. The van der Waals surface area contributed by atoms with Crippen LogP contribution in [0.1, 0.15) is 13.3 Å². The number of hydrogen-bond donors (Lipinski definition) is 1. The van der Waals surface area contributed by atoms with Gasteiger partial charge in [-0.15, -0.1) is 5.10 Å². The molecule has 0 aromatic heterocycles. The maximum absolute atomic E-state index is 10.8. The van der Waals surface area contributed by atoms with Gasteiger partial charge in [0, 0.05) is 17.5 Å². The van der Waals surface area contributed by atoms with E-state index in [1.807, 2.05) is 6.92 Å². The minimum absolute atomic E-state index is 0.0929. The Morgan fingerprint density at radius 2 is 2.35 bits per heavy atom. The predicted molar refractivity (Wildman–Crippen MR) is 66.5 cm³/mol. The van der Waals surface area contributed by atoms with Crippen LogP contribution in [0.4, 0.5) is 11.4 Å². The lowest BCUT2D eigenvalue weighted by Gasteiger charge is -2.05. The van der Waals surface area contributed by atoms with Crippen LogP contribution in [0.15, 0.2) is 23.3 Å². The van der Waals surface area contributed by atoms with Gasteiger partial charge in [-0.1, -0.05) is 18.5 Å². The molecule has 0 amide bonds. The Balaban J connectivity index is 3.00. The molecule has 92 valence electrons. The first-order valence-electron chi connectivity index (χ1n) is 4.89. The molecule has 0 unspecified atom stereocenters. The van der Waals surface area contributed by atoms with Gasteiger partial charge in [0.15, 0.2) is 0 Å². The van der Waals surface area contributed by atoms with Crippen molar-refractivity contribution in [2.45, 2.75) is 13.3 Å². The maximum Gasteiger partial charge on any atom is 0.294 e. The second-order valence-corrected chi connectivity index (χ2v) is 3.53. The minimum Gasteiger partial charge on any atom is -0.483 e. The molecule has 0 spiro atoms. The second-order valence-electron chi connectivity index (χ2n) is 3.09. The molecule has 0 aliphatic carbocycles. The molecule has 7 heteroatoms. The number of ether oxygens (including phenoxy) is 1. The number of nitrogens with zero attached hydrogens (tertiary/aromatic N) is 2. The van der Waals surface area contributed by atoms with E-state index in [0.29, 0.717) is 17.3 Å². The molecule has 0 heterocycles. The highest BCUT2D eigenvalue weighted by Gasteiger charge is 2.13. The summed E-state index contributed by atoms with van der Waals surface area (Å²) in [7, 11) is 1.48. The molecule has 0 aliphatic heterocycles. The van der Waals surface area contributed by atoms with Crippen LogP contribution in [0.25, 0.3) is 0 Å². The summed E-state index contributed by atoms with van der Waals surface area (Å²) in [5.41, 5.74) is 2.71. The molecular weight excluding hydrogens is 246 g/mol. The lowest BCUT2D eigenvalue weighted by Crippen LogP contribution is -2.04. The molecule has 1 rings (SSSR count). The Bertz CT molecular complexity index is 442. The van der Waals surface area contributed by atoms with E-state index in [1.54, 1.807) is 0 Å². The molecule has 6 nitrogen and oxygen atoms in total. The SMILES string of the molecule is CC/C(=N\Nc1cc(Cl)ccc1[N+](=O)[O-])OC. The van der Waals surface area contributed by atoms with Crippen LogP contribution in [0.2, 0.25) is 5.02 Å². The maximum atomic E-state index is 10.8. The van der Waals surface area contributed by atoms with Crippen molar-refractivity contribution < 1.29 is 9.66 Å². The molecule has 0 radical (unpaired) electrons. The minimum atomic E-state index is -0.507. The highest BCUT2D eigenvalue weighted by molar-refractivity contribution is 6.31. The number of hydrogen-bond acceptors (Lipinski definition) is 5. The largest absolute Gasteiger partial charge is 0.483 e. The predicted octanol–water partition coefficient (Wildman–Crippen LogP) is 3.03. The van der Waals surface area contributed by atoms with Crippen LogP contribution < -0.4 is 5.43 Å². The fourth-order valence-corrected chi connectivity index (χ4v) is 1.32. The molecular formula is C10H12ClN3O3. The summed E-state index contributed by atoms with van der Waals surface area (Å²) in [5.74, 6) is 0.444. The van der Waals surface area contributed by atoms with E-state index < -0.39 is 4.92 Å². The molecule has 0 atom stereocenters. The van der Waals surface area contributed by atoms with Gasteiger partial charge in [0.05, 0.1) is 12.0 Å². The summed E-state index contributed by atoms with van der Waals surface area (Å²) < 4.78 is 4.94. The zero-order chi connectivity index (χ0) is 12.8. The Kier molecular flexibility index (Phi) is 4.71. The van der Waals surface area contributed by atoms with Gasteiger partial charge in [0.2, 0.25) is 5.90 Å². The van der Waals surface area contributed by atoms with Gasteiger partial charge >= 0.3 is 0 Å². The first-order chi connectivity index (χ1) is 8.08. The first kappa shape index (κ1) is 13.2. The van der Waals surface area contributed by atoms with Crippen molar-refractivity contribution in [2.24, 2.45) is 5.10 Å². The molecule has 17 heavy (non-hydrogen) atoms. The van der Waals surface area contributed by atoms with Gasteiger partial charge in [0.25, 0.3) is 5.69 Å². The molecule has 0 saturated heterocycles. The average molecular weight is 258 g/mol. The highest BCUT2D eigenvalue weighted by atomic mass is 35.5. The molecule has 0 bridgehead atoms. The lowest BCUT2D eigenvalue weighted by molar-refractivity contribution is -0.384. The van der Waals surface area contributed by atoms with Crippen molar-refractivity contribution >= 4 is 28.9 Å². The summed E-state index contributed by atoms with van der Waals surface area (Å²) in [4.78, 5) is 10.3. The van der Waals surface area contributed by atoms with E-state index in [4.69, 9.17) is 16.3 Å². The quantitative estimate of drug-likeness (QED) is 0.389. The van der Waals surface area contributed by atoms with E-state index in [-0.39, 0.29) is 11.4 Å². The van der Waals surface area contributed by atoms with Crippen LogP contribution in [-0.2, 0) is 4.74 Å². The summed E-state index contributed by atoms with van der Waals surface area (Å²) >= 11 is 5.76. The molecule has 1 aromatic carbocycles. The number of hydrazone groups is 1. The lowest BCUT2D eigenvalue weighted by atomic mass is 10.3. The van der Waals surface area contributed by atoms with Gasteiger partial charge in [-0.2, -0.15) is 0 Å². The third-order valence-corrected chi connectivity index (χ3v) is 2.23. The monoisotopic (exact) mass is 257 g/mol. The Morgan fingerprint density at radius 1 is 1.65 bits per heavy atom. The van der Waals surface area contributed by atoms with Crippen LogP contribution in [0, 0.1) is 10.1 Å².